The fourth-order valence-electron chi connectivity index (χ4n) is 10.7. The SMILES string of the molecule is C=COC(=O)Oc1cc2c(cc1OC)[C@@]1(CS[C@@H]3c4c(OC(C)=O)c(C)c5c(c4[C@H](COC1=O)N1C3C3c4c(cc(C)c(OC)c4OC(=O)OC=C)C[C@@H]([C@@H]1C#N)N3C)OCO5)NCC2. The van der Waals surface area contributed by atoms with Crippen molar-refractivity contribution < 1.29 is 66.5 Å². The van der Waals surface area contributed by atoms with Crippen LogP contribution in [0.2, 0.25) is 0 Å². The number of aryl methyl sites for hydroxylation is 1. The van der Waals surface area contributed by atoms with Crippen molar-refractivity contribution in [2.24, 2.45) is 0 Å². The van der Waals surface area contributed by atoms with Crippen LogP contribution in [0.25, 0.3) is 0 Å². The minimum Gasteiger partial charge on any atom is -0.493 e. The summed E-state index contributed by atoms with van der Waals surface area (Å²) in [6.07, 6.45) is 0.711. The summed E-state index contributed by atoms with van der Waals surface area (Å²) in [7, 11) is 4.84. The molecular formula is C46H46N4O14S. The number of esters is 2. The Hall–Kier alpha value is -6.46. The van der Waals surface area contributed by atoms with Gasteiger partial charge in [0.25, 0.3) is 0 Å². The molecule has 7 aliphatic heterocycles. The maximum atomic E-state index is 15.1. The number of fused-ring (bicyclic) bond motifs is 9. The Labute approximate surface area is 378 Å². The average molecular weight is 911 g/mol. The fourth-order valence-corrected chi connectivity index (χ4v) is 12.4. The van der Waals surface area contributed by atoms with Gasteiger partial charge in [-0.3, -0.25) is 19.9 Å². The lowest BCUT2D eigenvalue weighted by Crippen LogP contribution is -2.69. The predicted molar refractivity (Wildman–Crippen MR) is 229 cm³/mol. The summed E-state index contributed by atoms with van der Waals surface area (Å²) in [5, 5.41) is 14.1. The van der Waals surface area contributed by atoms with Crippen LogP contribution in [0.1, 0.15) is 68.8 Å². The third-order valence-electron chi connectivity index (χ3n) is 13.1. The zero-order valence-electron chi connectivity index (χ0n) is 36.5. The molecule has 340 valence electrons. The van der Waals surface area contributed by atoms with Crippen molar-refractivity contribution in [2.75, 3.05) is 47.0 Å². The molecule has 0 saturated carbocycles. The number of nitrogens with zero attached hydrogens (tertiary/aromatic N) is 3. The van der Waals surface area contributed by atoms with Crippen molar-refractivity contribution in [3.8, 4) is 46.3 Å². The second kappa shape index (κ2) is 16.8. The molecule has 7 heterocycles. The summed E-state index contributed by atoms with van der Waals surface area (Å²) in [6.45, 7) is 11.8. The molecular weight excluding hydrogens is 865 g/mol. The van der Waals surface area contributed by atoms with E-state index in [2.05, 4.69) is 34.3 Å². The van der Waals surface area contributed by atoms with Gasteiger partial charge in [-0.15, -0.1) is 11.8 Å². The molecule has 4 bridgehead atoms. The second-order valence-electron chi connectivity index (χ2n) is 16.3. The van der Waals surface area contributed by atoms with E-state index < -0.39 is 65.2 Å². The number of methoxy groups -OCH3 is 2. The maximum Gasteiger partial charge on any atom is 0.518 e. The predicted octanol–water partition coefficient (Wildman–Crippen LogP) is 5.89. The first kappa shape index (κ1) is 43.8. The highest BCUT2D eigenvalue weighted by molar-refractivity contribution is 7.99. The van der Waals surface area contributed by atoms with E-state index in [4.69, 9.17) is 47.4 Å². The quantitative estimate of drug-likeness (QED) is 0.0965. The summed E-state index contributed by atoms with van der Waals surface area (Å²) in [5.74, 6) is 0.592. The van der Waals surface area contributed by atoms with Crippen molar-refractivity contribution in [2.45, 2.75) is 74.6 Å². The lowest BCUT2D eigenvalue weighted by molar-refractivity contribution is -0.157. The van der Waals surface area contributed by atoms with Crippen molar-refractivity contribution in [3.63, 3.8) is 0 Å². The highest BCUT2D eigenvalue weighted by Crippen LogP contribution is 2.65. The molecule has 1 N–H and O–H groups in total. The van der Waals surface area contributed by atoms with E-state index in [1.807, 2.05) is 20.0 Å². The molecule has 2 unspecified atom stereocenters. The molecule has 19 heteroatoms. The zero-order valence-corrected chi connectivity index (χ0v) is 37.3. The first-order valence-electron chi connectivity index (χ1n) is 20.8. The van der Waals surface area contributed by atoms with Crippen LogP contribution in [-0.2, 0) is 42.2 Å². The number of hydrogen-bond acceptors (Lipinski definition) is 19. The third kappa shape index (κ3) is 6.80. The van der Waals surface area contributed by atoms with Gasteiger partial charge in [0.15, 0.2) is 40.0 Å². The standard InChI is InChI=1S/C46H46N4O14S/c1-9-57-44(53)63-31-15-24-11-12-48-46(26(24)16-30(31)55-7)19-65-42-34-33(40-39(60-20-61-40)22(4)38(34)62-23(5)51)29(18-59-43(46)52)50-28(17-47)27-14-25-13-21(3)37(56-8)41(64-45(54)58-10-2)32(25)35(36(42)50)49(27)6/h9-10,13,15-16,27-29,35-36,42,48H,1-2,11-12,14,18-20H2,3-8H3/t27-,28-,29-,35?,36?,42+,46+/m0/s1. The molecule has 0 radical (unpaired) electrons. The largest absolute Gasteiger partial charge is 0.518 e. The Kier molecular flexibility index (Phi) is 11.3. The molecule has 1 spiro atoms. The number of thioether (sulfide) groups is 1. The van der Waals surface area contributed by atoms with Crippen LogP contribution < -0.4 is 38.5 Å². The fraction of sp³-hybridized carbons (Fsp3) is 0.413. The van der Waals surface area contributed by atoms with Crippen LogP contribution in [0, 0.1) is 25.2 Å². The smallest absolute Gasteiger partial charge is 0.493 e. The minimum atomic E-state index is -1.51. The molecule has 2 saturated heterocycles. The van der Waals surface area contributed by atoms with Gasteiger partial charge in [0.2, 0.25) is 6.79 Å². The van der Waals surface area contributed by atoms with Gasteiger partial charge in [0, 0.05) is 53.6 Å². The first-order chi connectivity index (χ1) is 31.3. The number of nitrogens with one attached hydrogen (secondary N) is 1. The molecule has 2 fully saturated rings. The number of likely N-dealkylation sites (N-methyl/N-ethyl adjacent to an activating group) is 1. The van der Waals surface area contributed by atoms with Crippen LogP contribution in [-0.4, -0.2) is 99.1 Å². The van der Waals surface area contributed by atoms with Gasteiger partial charge in [-0.2, -0.15) is 5.26 Å². The van der Waals surface area contributed by atoms with E-state index in [0.717, 1.165) is 18.1 Å². The molecule has 10 rings (SSSR count). The Morgan fingerprint density at radius 2 is 1.66 bits per heavy atom. The first-order valence-corrected chi connectivity index (χ1v) is 21.8. The maximum absolute atomic E-state index is 15.1. The topological polar surface area (TPSA) is 203 Å². The van der Waals surface area contributed by atoms with E-state index >= 15 is 4.79 Å². The molecule has 0 amide bonds. The number of carbonyl (C=O) groups excluding carboxylic acids is 4. The highest BCUT2D eigenvalue weighted by atomic mass is 32.2. The van der Waals surface area contributed by atoms with Gasteiger partial charge < -0.3 is 47.4 Å². The molecule has 7 atom stereocenters. The highest BCUT2D eigenvalue weighted by Gasteiger charge is 2.62. The Morgan fingerprint density at radius 3 is 2.35 bits per heavy atom. The molecule has 0 aromatic heterocycles. The Bertz CT molecular complexity index is 2610. The lowest BCUT2D eigenvalue weighted by atomic mass is 9.71. The summed E-state index contributed by atoms with van der Waals surface area (Å²) in [6, 6.07) is 4.54. The molecule has 3 aromatic carbocycles. The molecule has 65 heavy (non-hydrogen) atoms. The van der Waals surface area contributed by atoms with Gasteiger partial charge in [-0.25, -0.2) is 14.4 Å². The van der Waals surface area contributed by atoms with Gasteiger partial charge in [0.05, 0.1) is 50.1 Å². The molecule has 7 aliphatic rings. The van der Waals surface area contributed by atoms with Gasteiger partial charge >= 0.3 is 24.2 Å². The summed E-state index contributed by atoms with van der Waals surface area (Å²) in [4.78, 5) is 58.1. The van der Waals surface area contributed by atoms with Crippen molar-refractivity contribution in [1.29, 1.82) is 5.26 Å². The molecule has 18 nitrogen and oxygen atoms in total. The number of piperazine rings is 1. The summed E-state index contributed by atoms with van der Waals surface area (Å²) in [5.41, 5.74) is 3.59. The number of hydrogen-bond donors (Lipinski definition) is 1. The van der Waals surface area contributed by atoms with Gasteiger partial charge in [-0.1, -0.05) is 19.2 Å². The van der Waals surface area contributed by atoms with Crippen molar-refractivity contribution >= 4 is 36.0 Å². The van der Waals surface area contributed by atoms with Crippen LogP contribution in [0.15, 0.2) is 43.9 Å². The van der Waals surface area contributed by atoms with E-state index in [0.29, 0.717) is 75.6 Å². The van der Waals surface area contributed by atoms with Crippen LogP contribution in [0.5, 0.6) is 40.2 Å². The minimum absolute atomic E-state index is 0.0307. The molecule has 0 aliphatic carbocycles. The monoisotopic (exact) mass is 910 g/mol. The second-order valence-corrected chi connectivity index (χ2v) is 17.5. The third-order valence-corrected chi connectivity index (χ3v) is 14.6. The number of nitriles is 1. The Morgan fingerprint density at radius 1 is 0.923 bits per heavy atom. The number of rotatable bonds is 7. The van der Waals surface area contributed by atoms with Crippen LogP contribution in [0.4, 0.5) is 9.59 Å². The van der Waals surface area contributed by atoms with Crippen LogP contribution in [0.3, 0.4) is 0 Å². The Balaban J connectivity index is 1.30. The van der Waals surface area contributed by atoms with E-state index in [-0.39, 0.29) is 42.2 Å². The van der Waals surface area contributed by atoms with Gasteiger partial charge in [-0.05, 0) is 68.1 Å². The lowest BCUT2D eigenvalue weighted by Gasteiger charge is -2.62. The normalized spacial score (nSPS) is 25.8. The number of ether oxygens (including phenoxy) is 10. The molecule has 3 aromatic rings. The van der Waals surface area contributed by atoms with E-state index in [9.17, 15) is 19.6 Å². The van der Waals surface area contributed by atoms with E-state index in [1.165, 1.54) is 32.9 Å². The summed E-state index contributed by atoms with van der Waals surface area (Å²) < 4.78 is 58.1. The average Bonchev–Trinajstić information content (AvgIpc) is 3.77. The van der Waals surface area contributed by atoms with Crippen LogP contribution >= 0.6 is 11.8 Å². The van der Waals surface area contributed by atoms with Crippen molar-refractivity contribution in [1.82, 2.24) is 15.1 Å². The van der Waals surface area contributed by atoms with Gasteiger partial charge in [0.1, 0.15) is 18.4 Å². The number of benzene rings is 3. The zero-order chi connectivity index (χ0) is 46.1. The number of carbonyl (C=O) groups is 4. The van der Waals surface area contributed by atoms with Crippen molar-refractivity contribution in [3.05, 3.63) is 88.4 Å². The summed E-state index contributed by atoms with van der Waals surface area (Å²) >= 11 is 1.40. The van der Waals surface area contributed by atoms with E-state index in [1.54, 1.807) is 19.1 Å².